The SMILES string of the molecule is COc1ccc(B(C)O)cc1-c1ccc2c(N)nccc2c1. The van der Waals surface area contributed by atoms with Crippen molar-refractivity contribution in [2.24, 2.45) is 0 Å². The first kappa shape index (κ1) is 14.4. The molecule has 22 heavy (non-hydrogen) atoms. The van der Waals surface area contributed by atoms with Crippen molar-refractivity contribution in [3.05, 3.63) is 48.7 Å². The highest BCUT2D eigenvalue weighted by Crippen LogP contribution is 2.32. The van der Waals surface area contributed by atoms with Gasteiger partial charge in [0, 0.05) is 17.1 Å². The molecule has 0 radical (unpaired) electrons. The number of fused-ring (bicyclic) bond motifs is 1. The summed E-state index contributed by atoms with van der Waals surface area (Å²) in [6.45, 7) is 1.23. The molecule has 0 aliphatic rings. The minimum Gasteiger partial charge on any atom is -0.496 e. The van der Waals surface area contributed by atoms with Crippen LogP contribution in [-0.2, 0) is 0 Å². The molecule has 0 amide bonds. The van der Waals surface area contributed by atoms with E-state index in [0.717, 1.165) is 33.1 Å². The van der Waals surface area contributed by atoms with Gasteiger partial charge in [0.25, 0.3) is 0 Å². The Hall–Kier alpha value is -2.53. The largest absolute Gasteiger partial charge is 0.496 e. The number of aromatic nitrogens is 1. The highest BCUT2D eigenvalue weighted by molar-refractivity contribution is 6.64. The van der Waals surface area contributed by atoms with E-state index in [4.69, 9.17) is 10.5 Å². The second-order valence-electron chi connectivity index (χ2n) is 5.27. The zero-order chi connectivity index (χ0) is 15.7. The van der Waals surface area contributed by atoms with Crippen LogP contribution in [0.25, 0.3) is 21.9 Å². The van der Waals surface area contributed by atoms with Crippen molar-refractivity contribution >= 4 is 29.0 Å². The molecule has 0 unspecified atom stereocenters. The zero-order valence-electron chi connectivity index (χ0n) is 12.6. The third kappa shape index (κ3) is 2.51. The topological polar surface area (TPSA) is 68.4 Å². The van der Waals surface area contributed by atoms with E-state index < -0.39 is 6.92 Å². The van der Waals surface area contributed by atoms with Crippen LogP contribution >= 0.6 is 0 Å². The summed E-state index contributed by atoms with van der Waals surface area (Å²) in [5, 5.41) is 11.8. The van der Waals surface area contributed by atoms with Gasteiger partial charge in [0.2, 0.25) is 0 Å². The third-order valence-corrected chi connectivity index (χ3v) is 3.81. The van der Waals surface area contributed by atoms with Gasteiger partial charge in [-0.2, -0.15) is 0 Å². The lowest BCUT2D eigenvalue weighted by Crippen LogP contribution is -2.26. The number of hydrogen-bond acceptors (Lipinski definition) is 4. The lowest BCUT2D eigenvalue weighted by molar-refractivity contribution is 0.416. The first-order chi connectivity index (χ1) is 10.6. The number of rotatable bonds is 3. The predicted octanol–water partition coefficient (Wildman–Crippen LogP) is 2.31. The van der Waals surface area contributed by atoms with E-state index in [-0.39, 0.29) is 0 Å². The number of hydrogen-bond donors (Lipinski definition) is 2. The average Bonchev–Trinajstić information content (AvgIpc) is 2.54. The van der Waals surface area contributed by atoms with Gasteiger partial charge in [0.1, 0.15) is 11.6 Å². The van der Waals surface area contributed by atoms with Gasteiger partial charge in [-0.05, 0) is 34.6 Å². The van der Waals surface area contributed by atoms with Crippen LogP contribution in [0.4, 0.5) is 5.82 Å². The maximum Gasteiger partial charge on any atom is 0.320 e. The summed E-state index contributed by atoms with van der Waals surface area (Å²) in [7, 11) is 1.64. The van der Waals surface area contributed by atoms with Gasteiger partial charge >= 0.3 is 6.92 Å². The smallest absolute Gasteiger partial charge is 0.320 e. The van der Waals surface area contributed by atoms with Gasteiger partial charge in [-0.3, -0.25) is 0 Å². The minimum atomic E-state index is -0.523. The Morgan fingerprint density at radius 1 is 1.14 bits per heavy atom. The van der Waals surface area contributed by atoms with Crippen LogP contribution < -0.4 is 15.9 Å². The monoisotopic (exact) mass is 292 g/mol. The summed E-state index contributed by atoms with van der Waals surface area (Å²) in [5.41, 5.74) is 8.70. The van der Waals surface area contributed by atoms with Gasteiger partial charge < -0.3 is 15.5 Å². The maximum atomic E-state index is 9.80. The Bertz CT molecular complexity index is 834. The summed E-state index contributed by atoms with van der Waals surface area (Å²) in [6, 6.07) is 13.6. The Labute approximate surface area is 129 Å². The number of nitrogens with two attached hydrogens (primary N) is 1. The van der Waals surface area contributed by atoms with Crippen molar-refractivity contribution < 1.29 is 9.76 Å². The van der Waals surface area contributed by atoms with E-state index in [2.05, 4.69) is 11.1 Å². The number of methoxy groups -OCH3 is 1. The minimum absolute atomic E-state index is 0.522. The number of ether oxygens (including phenoxy) is 1. The predicted molar refractivity (Wildman–Crippen MR) is 91.6 cm³/mol. The fourth-order valence-corrected chi connectivity index (χ4v) is 2.58. The lowest BCUT2D eigenvalue weighted by Gasteiger charge is -2.12. The summed E-state index contributed by atoms with van der Waals surface area (Å²) >= 11 is 0. The standard InChI is InChI=1S/C17H17BN2O2/c1-18(21)13-4-6-16(22-2)15(10-13)11-3-5-14-12(9-11)7-8-20-17(14)19/h3-10,21H,1-2H3,(H2,19,20). The highest BCUT2D eigenvalue weighted by Gasteiger charge is 2.13. The van der Waals surface area contributed by atoms with Crippen LogP contribution in [0.15, 0.2) is 48.7 Å². The zero-order valence-corrected chi connectivity index (χ0v) is 12.6. The van der Waals surface area contributed by atoms with Crippen LogP contribution in [0.2, 0.25) is 6.82 Å². The second kappa shape index (κ2) is 5.69. The van der Waals surface area contributed by atoms with Crippen molar-refractivity contribution in [1.82, 2.24) is 4.98 Å². The molecular weight excluding hydrogens is 275 g/mol. The molecule has 3 rings (SSSR count). The molecule has 3 N–H and O–H groups in total. The van der Waals surface area contributed by atoms with E-state index in [0.29, 0.717) is 5.82 Å². The van der Waals surface area contributed by atoms with Crippen LogP contribution in [0.3, 0.4) is 0 Å². The van der Waals surface area contributed by atoms with Crippen molar-refractivity contribution in [3.8, 4) is 16.9 Å². The fraction of sp³-hybridized carbons (Fsp3) is 0.118. The van der Waals surface area contributed by atoms with E-state index in [1.165, 1.54) is 0 Å². The number of benzene rings is 2. The number of anilines is 1. The molecule has 4 nitrogen and oxygen atoms in total. The van der Waals surface area contributed by atoms with Crippen molar-refractivity contribution in [3.63, 3.8) is 0 Å². The third-order valence-electron chi connectivity index (χ3n) is 3.81. The van der Waals surface area contributed by atoms with Gasteiger partial charge in [0.05, 0.1) is 7.11 Å². The summed E-state index contributed by atoms with van der Waals surface area (Å²) in [4.78, 5) is 4.10. The normalized spacial score (nSPS) is 10.7. The van der Waals surface area contributed by atoms with Crippen LogP contribution in [0, 0.1) is 0 Å². The molecule has 0 aliphatic carbocycles. The van der Waals surface area contributed by atoms with Crippen molar-refractivity contribution in [1.29, 1.82) is 0 Å². The van der Waals surface area contributed by atoms with E-state index >= 15 is 0 Å². The molecule has 5 heteroatoms. The number of nitrogen functional groups attached to an aromatic ring is 1. The first-order valence-electron chi connectivity index (χ1n) is 7.11. The van der Waals surface area contributed by atoms with Crippen LogP contribution in [-0.4, -0.2) is 24.0 Å². The molecule has 0 saturated carbocycles. The molecular formula is C17H17BN2O2. The molecule has 0 aliphatic heterocycles. The highest BCUT2D eigenvalue weighted by atomic mass is 16.5. The maximum absolute atomic E-state index is 9.80. The molecule has 1 heterocycles. The lowest BCUT2D eigenvalue weighted by atomic mass is 9.64. The van der Waals surface area contributed by atoms with Crippen molar-refractivity contribution in [2.75, 3.05) is 12.8 Å². The Balaban J connectivity index is 2.19. The summed E-state index contributed by atoms with van der Waals surface area (Å²) in [5.74, 6) is 1.29. The van der Waals surface area contributed by atoms with E-state index in [1.54, 1.807) is 20.1 Å². The molecule has 1 aromatic heterocycles. The van der Waals surface area contributed by atoms with E-state index in [9.17, 15) is 5.02 Å². The Morgan fingerprint density at radius 3 is 2.68 bits per heavy atom. The number of nitrogens with zero attached hydrogens (tertiary/aromatic N) is 1. The first-order valence-corrected chi connectivity index (χ1v) is 7.11. The fourth-order valence-electron chi connectivity index (χ4n) is 2.58. The molecule has 0 bridgehead atoms. The molecule has 0 saturated heterocycles. The average molecular weight is 292 g/mol. The Kier molecular flexibility index (Phi) is 3.73. The quantitative estimate of drug-likeness (QED) is 0.727. The molecule has 0 fully saturated rings. The van der Waals surface area contributed by atoms with Crippen LogP contribution in [0.5, 0.6) is 5.75 Å². The summed E-state index contributed by atoms with van der Waals surface area (Å²) in [6.07, 6.45) is 1.70. The van der Waals surface area contributed by atoms with Crippen molar-refractivity contribution in [2.45, 2.75) is 6.82 Å². The molecule has 110 valence electrons. The molecule has 3 aromatic rings. The Morgan fingerprint density at radius 2 is 1.95 bits per heavy atom. The van der Waals surface area contributed by atoms with Gasteiger partial charge in [-0.25, -0.2) is 4.98 Å². The number of pyridine rings is 1. The second-order valence-corrected chi connectivity index (χ2v) is 5.27. The van der Waals surface area contributed by atoms with Gasteiger partial charge in [0.15, 0.2) is 0 Å². The van der Waals surface area contributed by atoms with Gasteiger partial charge in [-0.1, -0.05) is 31.1 Å². The van der Waals surface area contributed by atoms with Crippen LogP contribution in [0.1, 0.15) is 0 Å². The van der Waals surface area contributed by atoms with E-state index in [1.807, 2.05) is 36.4 Å². The summed E-state index contributed by atoms with van der Waals surface area (Å²) < 4.78 is 5.45. The molecule has 0 atom stereocenters. The van der Waals surface area contributed by atoms with Gasteiger partial charge in [-0.15, -0.1) is 0 Å². The molecule has 0 spiro atoms. The molecule has 2 aromatic carbocycles.